The number of carbonyl (C=O) groups excluding carboxylic acids is 1. The van der Waals surface area contributed by atoms with E-state index >= 15 is 0 Å². The number of hydrogen-bond acceptors (Lipinski definition) is 4. The van der Waals surface area contributed by atoms with Gasteiger partial charge in [0.15, 0.2) is 0 Å². The van der Waals surface area contributed by atoms with Gasteiger partial charge in [0, 0.05) is 6.54 Å². The molecule has 0 aromatic rings. The lowest BCUT2D eigenvalue weighted by atomic mass is 10.3. The van der Waals surface area contributed by atoms with Crippen LogP contribution in [0.5, 0.6) is 0 Å². The summed E-state index contributed by atoms with van der Waals surface area (Å²) in [5.41, 5.74) is 0. The highest BCUT2D eigenvalue weighted by Gasteiger charge is 2.08. The first kappa shape index (κ1) is 13.4. The number of esters is 1. The molecule has 14 heavy (non-hydrogen) atoms. The Labute approximate surface area is 85.9 Å². The number of carbonyl (C=O) groups is 1. The second-order valence-electron chi connectivity index (χ2n) is 3.62. The monoisotopic (exact) mass is 203 g/mol. The van der Waals surface area contributed by atoms with Gasteiger partial charge in [0.1, 0.15) is 0 Å². The average molecular weight is 203 g/mol. The minimum absolute atomic E-state index is 0.221. The summed E-state index contributed by atoms with van der Waals surface area (Å²) in [5.74, 6) is -0.221. The molecule has 0 bridgehead atoms. The maximum atomic E-state index is 11.2. The van der Waals surface area contributed by atoms with Crippen LogP contribution in [0.1, 0.15) is 26.7 Å². The number of hydrogen-bond donors (Lipinski definition) is 1. The van der Waals surface area contributed by atoms with Crippen LogP contribution >= 0.6 is 0 Å². The molecule has 0 spiro atoms. The van der Waals surface area contributed by atoms with Gasteiger partial charge in [-0.3, -0.25) is 9.69 Å². The number of rotatable bonds is 7. The molecule has 4 nitrogen and oxygen atoms in total. The van der Waals surface area contributed by atoms with Gasteiger partial charge in [-0.25, -0.2) is 0 Å². The summed E-state index contributed by atoms with van der Waals surface area (Å²) in [5, 5.41) is 9.06. The van der Waals surface area contributed by atoms with Crippen molar-refractivity contribution in [2.45, 2.75) is 32.8 Å². The summed E-state index contributed by atoms with van der Waals surface area (Å²) in [7, 11) is 1.79. The predicted octanol–water partition coefficient (Wildman–Crippen LogP) is 0.642. The normalized spacial score (nSPS) is 12.9. The lowest BCUT2D eigenvalue weighted by Gasteiger charge is -2.16. The number of likely N-dealkylation sites (N-methyl/N-ethyl adjacent to an activating group) is 1. The third kappa shape index (κ3) is 8.01. The van der Waals surface area contributed by atoms with E-state index in [1.54, 1.807) is 18.9 Å². The molecular formula is C10H21NO3. The van der Waals surface area contributed by atoms with Crippen LogP contribution in [0, 0.1) is 0 Å². The fourth-order valence-corrected chi connectivity index (χ4v) is 1.11. The zero-order valence-electron chi connectivity index (χ0n) is 9.32. The molecular weight excluding hydrogens is 182 g/mol. The molecule has 0 aliphatic rings. The Morgan fingerprint density at radius 2 is 2.21 bits per heavy atom. The topological polar surface area (TPSA) is 49.8 Å². The van der Waals surface area contributed by atoms with Gasteiger partial charge in [-0.1, -0.05) is 13.3 Å². The van der Waals surface area contributed by atoms with Gasteiger partial charge in [0.05, 0.1) is 19.3 Å². The van der Waals surface area contributed by atoms with Crippen LogP contribution in [0.3, 0.4) is 0 Å². The van der Waals surface area contributed by atoms with Crippen LogP contribution in [-0.2, 0) is 9.53 Å². The Kier molecular flexibility index (Phi) is 7.42. The molecule has 0 aromatic heterocycles. The van der Waals surface area contributed by atoms with Crippen molar-refractivity contribution in [3.63, 3.8) is 0 Å². The molecule has 0 saturated heterocycles. The van der Waals surface area contributed by atoms with Gasteiger partial charge in [-0.2, -0.15) is 0 Å². The predicted molar refractivity (Wildman–Crippen MR) is 55.0 cm³/mol. The van der Waals surface area contributed by atoms with E-state index in [4.69, 9.17) is 9.84 Å². The Balaban J connectivity index is 3.50. The molecule has 4 heteroatoms. The molecule has 0 aromatic carbocycles. The molecule has 0 radical (unpaired) electrons. The molecule has 1 atom stereocenters. The number of nitrogens with zero attached hydrogens (tertiary/aromatic N) is 1. The van der Waals surface area contributed by atoms with Crippen molar-refractivity contribution in [2.24, 2.45) is 0 Å². The van der Waals surface area contributed by atoms with Gasteiger partial charge >= 0.3 is 5.97 Å². The van der Waals surface area contributed by atoms with Crippen molar-refractivity contribution in [1.82, 2.24) is 4.90 Å². The maximum absolute atomic E-state index is 11.2. The minimum atomic E-state index is -0.413. The fourth-order valence-electron chi connectivity index (χ4n) is 1.11. The van der Waals surface area contributed by atoms with E-state index in [1.807, 2.05) is 6.92 Å². The number of aliphatic hydroxyl groups is 1. The van der Waals surface area contributed by atoms with Crippen LogP contribution in [-0.4, -0.2) is 48.8 Å². The third-order valence-electron chi connectivity index (χ3n) is 1.74. The lowest BCUT2D eigenvalue weighted by Crippen LogP contribution is -2.33. The second kappa shape index (κ2) is 7.76. The molecule has 0 aliphatic heterocycles. The largest absolute Gasteiger partial charge is 0.465 e. The molecule has 0 heterocycles. The minimum Gasteiger partial charge on any atom is -0.465 e. The molecule has 1 unspecified atom stereocenters. The first-order valence-corrected chi connectivity index (χ1v) is 5.08. The van der Waals surface area contributed by atoms with Crippen LogP contribution in [0.25, 0.3) is 0 Å². The van der Waals surface area contributed by atoms with Gasteiger partial charge < -0.3 is 9.84 Å². The van der Waals surface area contributed by atoms with Crippen LogP contribution in [0.2, 0.25) is 0 Å². The number of unbranched alkanes of at least 4 members (excludes halogenated alkanes) is 1. The molecule has 1 N–H and O–H groups in total. The Bertz CT molecular complexity index is 159. The lowest BCUT2D eigenvalue weighted by molar-refractivity contribution is -0.144. The van der Waals surface area contributed by atoms with E-state index in [1.165, 1.54) is 0 Å². The standard InChI is InChI=1S/C10H21NO3/c1-4-5-6-14-10(13)8-11(3)7-9(2)12/h9,12H,4-8H2,1-3H3. The summed E-state index contributed by atoms with van der Waals surface area (Å²) in [4.78, 5) is 12.9. The first-order chi connectivity index (χ1) is 6.56. The highest BCUT2D eigenvalue weighted by Crippen LogP contribution is 1.92. The van der Waals surface area contributed by atoms with Gasteiger partial charge in [0.2, 0.25) is 0 Å². The summed E-state index contributed by atoms with van der Waals surface area (Å²) < 4.78 is 4.97. The molecule has 0 amide bonds. The van der Waals surface area contributed by atoms with Gasteiger partial charge in [-0.15, -0.1) is 0 Å². The molecule has 0 fully saturated rings. The van der Waals surface area contributed by atoms with Gasteiger partial charge in [-0.05, 0) is 20.4 Å². The van der Waals surface area contributed by atoms with Crippen LogP contribution in [0.4, 0.5) is 0 Å². The average Bonchev–Trinajstić information content (AvgIpc) is 2.02. The highest BCUT2D eigenvalue weighted by molar-refractivity contribution is 5.71. The summed E-state index contributed by atoms with van der Waals surface area (Å²) in [6.45, 7) is 4.97. The zero-order chi connectivity index (χ0) is 11.0. The Hall–Kier alpha value is -0.610. The number of aliphatic hydroxyl groups excluding tert-OH is 1. The van der Waals surface area contributed by atoms with Gasteiger partial charge in [0.25, 0.3) is 0 Å². The summed E-state index contributed by atoms with van der Waals surface area (Å²) >= 11 is 0. The first-order valence-electron chi connectivity index (χ1n) is 5.08. The third-order valence-corrected chi connectivity index (χ3v) is 1.74. The van der Waals surface area contributed by atoms with E-state index in [-0.39, 0.29) is 12.5 Å². The molecule has 0 saturated carbocycles. The zero-order valence-corrected chi connectivity index (χ0v) is 9.32. The van der Waals surface area contributed by atoms with E-state index in [0.29, 0.717) is 13.2 Å². The quantitative estimate of drug-likeness (QED) is 0.487. The Morgan fingerprint density at radius 3 is 2.71 bits per heavy atom. The fraction of sp³-hybridized carbons (Fsp3) is 0.900. The van der Waals surface area contributed by atoms with E-state index in [9.17, 15) is 4.79 Å². The van der Waals surface area contributed by atoms with Crippen LogP contribution < -0.4 is 0 Å². The summed E-state index contributed by atoms with van der Waals surface area (Å²) in [6, 6.07) is 0. The highest BCUT2D eigenvalue weighted by atomic mass is 16.5. The van der Waals surface area contributed by atoms with Crippen LogP contribution in [0.15, 0.2) is 0 Å². The Morgan fingerprint density at radius 1 is 1.57 bits per heavy atom. The molecule has 84 valence electrons. The van der Waals surface area contributed by atoms with E-state index in [2.05, 4.69) is 0 Å². The van der Waals surface area contributed by atoms with E-state index < -0.39 is 6.10 Å². The SMILES string of the molecule is CCCCOC(=O)CN(C)CC(C)O. The van der Waals surface area contributed by atoms with Crippen molar-refractivity contribution in [1.29, 1.82) is 0 Å². The second-order valence-corrected chi connectivity index (χ2v) is 3.62. The summed E-state index contributed by atoms with van der Waals surface area (Å²) in [6.07, 6.45) is 1.52. The van der Waals surface area contributed by atoms with Crippen molar-refractivity contribution in [2.75, 3.05) is 26.7 Å². The van der Waals surface area contributed by atoms with Crippen molar-refractivity contribution in [3.8, 4) is 0 Å². The number of ether oxygens (including phenoxy) is 1. The molecule has 0 aliphatic carbocycles. The van der Waals surface area contributed by atoms with Crippen molar-refractivity contribution in [3.05, 3.63) is 0 Å². The maximum Gasteiger partial charge on any atom is 0.320 e. The van der Waals surface area contributed by atoms with Crippen molar-refractivity contribution >= 4 is 5.97 Å². The molecule has 0 rings (SSSR count). The van der Waals surface area contributed by atoms with Crippen molar-refractivity contribution < 1.29 is 14.6 Å². The smallest absolute Gasteiger partial charge is 0.320 e. The van der Waals surface area contributed by atoms with E-state index in [0.717, 1.165) is 12.8 Å².